The van der Waals surface area contributed by atoms with Crippen LogP contribution < -0.4 is 0 Å². The predicted molar refractivity (Wildman–Crippen MR) is 88.5 cm³/mol. The van der Waals surface area contributed by atoms with Gasteiger partial charge in [0.05, 0.1) is 11.1 Å². The van der Waals surface area contributed by atoms with Gasteiger partial charge in [-0.25, -0.2) is 0 Å². The number of piperidine rings is 1. The van der Waals surface area contributed by atoms with E-state index in [0.717, 1.165) is 19.3 Å². The fourth-order valence-electron chi connectivity index (χ4n) is 3.77. The van der Waals surface area contributed by atoms with Gasteiger partial charge in [0.1, 0.15) is 11.9 Å². The largest absolute Gasteiger partial charge is 0.299 e. The SMILES string of the molecule is CCC(=O)C(C)ON1C(C)(CC)CC(=O)C(C)C1(CC)CC. The zero-order valence-electron chi connectivity index (χ0n) is 15.4. The first-order chi connectivity index (χ1) is 10.2. The zero-order chi connectivity index (χ0) is 17.1. The van der Waals surface area contributed by atoms with E-state index in [-0.39, 0.29) is 22.8 Å². The highest BCUT2D eigenvalue weighted by Gasteiger charge is 2.55. The van der Waals surface area contributed by atoms with Crippen LogP contribution in [0.15, 0.2) is 0 Å². The van der Waals surface area contributed by atoms with E-state index in [9.17, 15) is 9.59 Å². The van der Waals surface area contributed by atoms with Crippen molar-refractivity contribution in [3.05, 3.63) is 0 Å². The number of rotatable bonds is 7. The number of Topliss-reactive ketones (excluding diaryl/α,β-unsaturated/α-hetero) is 2. The Bertz CT molecular complexity index is 417. The summed E-state index contributed by atoms with van der Waals surface area (Å²) in [5, 5.41) is 2.03. The van der Waals surface area contributed by atoms with Crippen LogP contribution in [0.1, 0.15) is 80.6 Å². The maximum absolute atomic E-state index is 12.6. The second kappa shape index (κ2) is 7.22. The molecule has 4 nitrogen and oxygen atoms in total. The van der Waals surface area contributed by atoms with Gasteiger partial charge in [-0.05, 0) is 33.1 Å². The highest BCUT2D eigenvalue weighted by molar-refractivity contribution is 5.84. The van der Waals surface area contributed by atoms with Crippen LogP contribution >= 0.6 is 0 Å². The smallest absolute Gasteiger partial charge is 0.163 e. The molecule has 1 rings (SSSR count). The Morgan fingerprint density at radius 1 is 1.27 bits per heavy atom. The van der Waals surface area contributed by atoms with Crippen molar-refractivity contribution in [1.29, 1.82) is 0 Å². The maximum atomic E-state index is 12.6. The topological polar surface area (TPSA) is 46.6 Å². The van der Waals surface area contributed by atoms with Gasteiger partial charge in [0.2, 0.25) is 0 Å². The quantitative estimate of drug-likeness (QED) is 0.715. The number of carbonyl (C=O) groups excluding carboxylic acids is 2. The lowest BCUT2D eigenvalue weighted by Crippen LogP contribution is -2.68. The van der Waals surface area contributed by atoms with Gasteiger partial charge in [0, 0.05) is 18.8 Å². The first-order valence-corrected chi connectivity index (χ1v) is 8.74. The van der Waals surface area contributed by atoms with E-state index in [2.05, 4.69) is 27.7 Å². The summed E-state index contributed by atoms with van der Waals surface area (Å²) in [5.41, 5.74) is -0.680. The summed E-state index contributed by atoms with van der Waals surface area (Å²) in [7, 11) is 0. The van der Waals surface area contributed by atoms with Crippen molar-refractivity contribution in [2.45, 2.75) is 97.8 Å². The van der Waals surface area contributed by atoms with Gasteiger partial charge >= 0.3 is 0 Å². The van der Waals surface area contributed by atoms with Crippen molar-refractivity contribution in [3.63, 3.8) is 0 Å². The van der Waals surface area contributed by atoms with E-state index < -0.39 is 6.10 Å². The monoisotopic (exact) mass is 311 g/mol. The van der Waals surface area contributed by atoms with Crippen LogP contribution in [0.4, 0.5) is 0 Å². The van der Waals surface area contributed by atoms with Crippen molar-refractivity contribution >= 4 is 11.6 Å². The van der Waals surface area contributed by atoms with E-state index >= 15 is 0 Å². The molecule has 0 aromatic carbocycles. The first kappa shape index (κ1) is 19.3. The summed E-state index contributed by atoms with van der Waals surface area (Å²) < 4.78 is 0. The molecule has 0 aliphatic carbocycles. The average Bonchev–Trinajstić information content (AvgIpc) is 2.52. The molecule has 1 aliphatic rings. The third-order valence-corrected chi connectivity index (χ3v) is 5.79. The summed E-state index contributed by atoms with van der Waals surface area (Å²) in [4.78, 5) is 30.8. The lowest BCUT2D eigenvalue weighted by Gasteiger charge is -2.57. The minimum absolute atomic E-state index is 0.0777. The Morgan fingerprint density at radius 2 is 1.82 bits per heavy atom. The molecular weight excluding hydrogens is 278 g/mol. The molecule has 3 atom stereocenters. The molecule has 0 aromatic heterocycles. The molecule has 0 N–H and O–H groups in total. The van der Waals surface area contributed by atoms with Gasteiger partial charge in [0.15, 0.2) is 5.78 Å². The fourth-order valence-corrected chi connectivity index (χ4v) is 3.77. The Balaban J connectivity index is 3.27. The van der Waals surface area contributed by atoms with Crippen LogP contribution in [0.2, 0.25) is 0 Å². The third kappa shape index (κ3) is 3.13. The Hall–Kier alpha value is -0.740. The summed E-state index contributed by atoms with van der Waals surface area (Å²) in [6, 6.07) is 0. The van der Waals surface area contributed by atoms with Crippen LogP contribution in [0.5, 0.6) is 0 Å². The lowest BCUT2D eigenvalue weighted by atomic mass is 9.68. The maximum Gasteiger partial charge on any atom is 0.163 e. The molecule has 0 amide bonds. The summed E-state index contributed by atoms with van der Waals surface area (Å²) in [5.74, 6) is 0.331. The van der Waals surface area contributed by atoms with Crippen LogP contribution in [-0.4, -0.2) is 33.8 Å². The minimum Gasteiger partial charge on any atom is -0.299 e. The second-order valence-electron chi connectivity index (χ2n) is 6.89. The first-order valence-electron chi connectivity index (χ1n) is 8.74. The van der Waals surface area contributed by atoms with Crippen molar-refractivity contribution < 1.29 is 14.4 Å². The van der Waals surface area contributed by atoms with E-state index in [1.54, 1.807) is 0 Å². The molecule has 3 unspecified atom stereocenters. The van der Waals surface area contributed by atoms with Gasteiger partial charge in [-0.2, -0.15) is 5.06 Å². The number of hydroxylamine groups is 2. The van der Waals surface area contributed by atoms with E-state index in [1.807, 2.05) is 25.8 Å². The summed E-state index contributed by atoms with van der Waals surface area (Å²) in [6.07, 6.45) is 2.98. The number of carbonyl (C=O) groups is 2. The molecule has 4 heteroatoms. The van der Waals surface area contributed by atoms with Gasteiger partial charge in [0.25, 0.3) is 0 Å². The molecule has 0 saturated carbocycles. The molecule has 0 radical (unpaired) electrons. The number of nitrogens with zero attached hydrogens (tertiary/aromatic N) is 1. The van der Waals surface area contributed by atoms with Gasteiger partial charge in [-0.15, -0.1) is 0 Å². The molecule has 1 fully saturated rings. The molecule has 1 saturated heterocycles. The van der Waals surface area contributed by atoms with Gasteiger partial charge in [-0.1, -0.05) is 34.6 Å². The molecule has 0 bridgehead atoms. The summed E-state index contributed by atoms with van der Waals surface area (Å²) in [6.45, 7) is 14.1. The van der Waals surface area contributed by atoms with Crippen LogP contribution in [-0.2, 0) is 14.4 Å². The van der Waals surface area contributed by atoms with Gasteiger partial charge < -0.3 is 0 Å². The Kier molecular flexibility index (Phi) is 6.34. The normalized spacial score (nSPS) is 30.3. The average molecular weight is 311 g/mol. The fraction of sp³-hybridized carbons (Fsp3) is 0.889. The highest BCUT2D eigenvalue weighted by Crippen LogP contribution is 2.46. The molecule has 0 spiro atoms. The van der Waals surface area contributed by atoms with Crippen molar-refractivity contribution in [1.82, 2.24) is 5.06 Å². The van der Waals surface area contributed by atoms with E-state index in [0.29, 0.717) is 18.6 Å². The zero-order valence-corrected chi connectivity index (χ0v) is 15.4. The van der Waals surface area contributed by atoms with E-state index in [1.165, 1.54) is 0 Å². The minimum atomic E-state index is -0.464. The van der Waals surface area contributed by atoms with Crippen LogP contribution in [0.25, 0.3) is 0 Å². The van der Waals surface area contributed by atoms with Crippen molar-refractivity contribution in [2.24, 2.45) is 5.92 Å². The molecular formula is C18H33NO3. The Morgan fingerprint density at radius 3 is 2.23 bits per heavy atom. The Labute approximate surface area is 135 Å². The van der Waals surface area contributed by atoms with E-state index in [4.69, 9.17) is 4.84 Å². The second-order valence-corrected chi connectivity index (χ2v) is 6.89. The number of hydrogen-bond acceptors (Lipinski definition) is 4. The number of ketones is 2. The van der Waals surface area contributed by atoms with Gasteiger partial charge in [-0.3, -0.25) is 14.4 Å². The third-order valence-electron chi connectivity index (χ3n) is 5.79. The molecule has 22 heavy (non-hydrogen) atoms. The van der Waals surface area contributed by atoms with Crippen LogP contribution in [0.3, 0.4) is 0 Å². The molecule has 0 aromatic rings. The summed E-state index contributed by atoms with van der Waals surface area (Å²) >= 11 is 0. The predicted octanol–water partition coefficient (Wildman–Crippen LogP) is 3.92. The number of hydrogen-bond donors (Lipinski definition) is 0. The van der Waals surface area contributed by atoms with Crippen LogP contribution in [0, 0.1) is 5.92 Å². The standard InChI is InChI=1S/C18H33NO3/c1-8-15(20)14(6)22-19-17(7,9-2)12-16(21)13(5)18(19,10-3)11-4/h13-14H,8-12H2,1-7H3. The van der Waals surface area contributed by atoms with Crippen molar-refractivity contribution in [3.8, 4) is 0 Å². The molecule has 1 heterocycles. The molecule has 1 aliphatic heterocycles. The lowest BCUT2D eigenvalue weighted by molar-refractivity contribution is -0.312. The highest BCUT2D eigenvalue weighted by atomic mass is 16.7. The van der Waals surface area contributed by atoms with Crippen molar-refractivity contribution in [2.75, 3.05) is 0 Å². The molecule has 128 valence electrons.